The molecule has 7 heteroatoms. The quantitative estimate of drug-likeness (QED) is 0.506. The summed E-state index contributed by atoms with van der Waals surface area (Å²) in [5.41, 5.74) is 3.17. The van der Waals surface area contributed by atoms with Gasteiger partial charge in [-0.3, -0.25) is 20.3 Å². The Morgan fingerprint density at radius 1 is 1.29 bits per heavy atom. The van der Waals surface area contributed by atoms with Crippen molar-refractivity contribution in [1.82, 2.24) is 15.3 Å². The van der Waals surface area contributed by atoms with Crippen LogP contribution in [-0.2, 0) is 4.79 Å². The van der Waals surface area contributed by atoms with Gasteiger partial charge in [0, 0.05) is 38.3 Å². The van der Waals surface area contributed by atoms with Gasteiger partial charge in [-0.25, -0.2) is 5.01 Å². The van der Waals surface area contributed by atoms with Crippen LogP contribution in [0.25, 0.3) is 6.08 Å². The van der Waals surface area contributed by atoms with Gasteiger partial charge in [0.05, 0.1) is 10.5 Å². The molecule has 0 saturated carbocycles. The van der Waals surface area contributed by atoms with Crippen molar-refractivity contribution >= 4 is 17.7 Å². The molecule has 21 heavy (non-hydrogen) atoms. The van der Waals surface area contributed by atoms with Crippen LogP contribution in [0.5, 0.6) is 0 Å². The number of nitrogens with zero attached hydrogens (tertiary/aromatic N) is 3. The number of nitro benzene ring substituents is 1. The predicted octanol–water partition coefficient (Wildman–Crippen LogP) is 0.887. The van der Waals surface area contributed by atoms with Crippen molar-refractivity contribution in [3.05, 3.63) is 46.0 Å². The molecule has 1 aromatic rings. The molecule has 1 heterocycles. The highest BCUT2D eigenvalue weighted by molar-refractivity contribution is 5.92. The van der Waals surface area contributed by atoms with E-state index in [9.17, 15) is 14.9 Å². The van der Waals surface area contributed by atoms with Crippen LogP contribution in [0.3, 0.4) is 0 Å². The van der Waals surface area contributed by atoms with E-state index in [1.54, 1.807) is 18.2 Å². The topological polar surface area (TPSA) is 78.7 Å². The molecule has 0 radical (unpaired) electrons. The van der Waals surface area contributed by atoms with Crippen LogP contribution in [0.4, 0.5) is 5.69 Å². The van der Waals surface area contributed by atoms with E-state index in [4.69, 9.17) is 0 Å². The highest BCUT2D eigenvalue weighted by Crippen LogP contribution is 2.18. The molecule has 1 aromatic carbocycles. The first-order chi connectivity index (χ1) is 10.1. The van der Waals surface area contributed by atoms with Gasteiger partial charge in [0.25, 0.3) is 11.6 Å². The number of rotatable bonds is 4. The number of hydrogen-bond donors (Lipinski definition) is 1. The van der Waals surface area contributed by atoms with Crippen LogP contribution in [-0.4, -0.2) is 54.0 Å². The molecule has 112 valence electrons. The summed E-state index contributed by atoms with van der Waals surface area (Å²) in [6.45, 7) is 3.32. The Bertz CT molecular complexity index is 551. The van der Waals surface area contributed by atoms with Crippen molar-refractivity contribution in [2.24, 2.45) is 0 Å². The van der Waals surface area contributed by atoms with Crippen LogP contribution in [0.15, 0.2) is 30.3 Å². The van der Waals surface area contributed by atoms with Crippen molar-refractivity contribution in [2.45, 2.75) is 0 Å². The molecule has 1 aliphatic rings. The molecule has 7 nitrogen and oxygen atoms in total. The Kier molecular flexibility index (Phi) is 5.02. The fourth-order valence-corrected chi connectivity index (χ4v) is 2.07. The molecule has 0 aliphatic carbocycles. The zero-order valence-electron chi connectivity index (χ0n) is 11.9. The monoisotopic (exact) mass is 290 g/mol. The van der Waals surface area contributed by atoms with Gasteiger partial charge in [0.15, 0.2) is 0 Å². The summed E-state index contributed by atoms with van der Waals surface area (Å²) in [7, 11) is 2.04. The van der Waals surface area contributed by atoms with Crippen LogP contribution in [0.1, 0.15) is 5.56 Å². The van der Waals surface area contributed by atoms with Crippen LogP contribution >= 0.6 is 0 Å². The molecule has 0 bridgehead atoms. The molecule has 0 aromatic heterocycles. The summed E-state index contributed by atoms with van der Waals surface area (Å²) in [6.07, 6.45) is 2.78. The maximum absolute atomic E-state index is 11.8. The highest BCUT2D eigenvalue weighted by atomic mass is 16.6. The van der Waals surface area contributed by atoms with Gasteiger partial charge >= 0.3 is 0 Å². The number of para-hydroxylation sites is 1. The molecule has 0 atom stereocenters. The van der Waals surface area contributed by atoms with Gasteiger partial charge < -0.3 is 4.90 Å². The van der Waals surface area contributed by atoms with E-state index in [-0.39, 0.29) is 11.6 Å². The minimum Gasteiger partial charge on any atom is -0.304 e. The number of hydrogen-bond acceptors (Lipinski definition) is 5. The van der Waals surface area contributed by atoms with Gasteiger partial charge in [0.2, 0.25) is 0 Å². The van der Waals surface area contributed by atoms with E-state index >= 15 is 0 Å². The molecule has 1 amide bonds. The second-order valence-electron chi connectivity index (χ2n) is 4.92. The van der Waals surface area contributed by atoms with Crippen molar-refractivity contribution in [1.29, 1.82) is 0 Å². The molecule has 1 aliphatic heterocycles. The Labute approximate surface area is 123 Å². The minimum absolute atomic E-state index is 0.0128. The van der Waals surface area contributed by atoms with Gasteiger partial charge in [0.1, 0.15) is 0 Å². The van der Waals surface area contributed by atoms with Crippen molar-refractivity contribution in [3.8, 4) is 0 Å². The number of nitro groups is 1. The standard InChI is InChI=1S/C14H18N4O3/c1-16-8-10-17(11-9-16)15-14(19)7-6-12-4-2-3-5-13(12)18(20)21/h2-7H,8-11H2,1H3,(H,15,19)/b7-6+. The third-order valence-electron chi connectivity index (χ3n) is 3.32. The fourth-order valence-electron chi connectivity index (χ4n) is 2.07. The van der Waals surface area contributed by atoms with Crippen LogP contribution in [0.2, 0.25) is 0 Å². The molecule has 2 rings (SSSR count). The number of nitrogens with one attached hydrogen (secondary N) is 1. The molecule has 0 spiro atoms. The van der Waals surface area contributed by atoms with Gasteiger partial charge in [-0.05, 0) is 19.2 Å². The van der Waals surface area contributed by atoms with Crippen molar-refractivity contribution < 1.29 is 9.72 Å². The highest BCUT2D eigenvalue weighted by Gasteiger charge is 2.15. The molecular formula is C14H18N4O3. The van der Waals surface area contributed by atoms with E-state index in [0.29, 0.717) is 5.56 Å². The summed E-state index contributed by atoms with van der Waals surface area (Å²) in [5.74, 6) is -0.280. The van der Waals surface area contributed by atoms with Gasteiger partial charge in [-0.15, -0.1) is 0 Å². The van der Waals surface area contributed by atoms with E-state index in [1.807, 2.05) is 12.1 Å². The Hall–Kier alpha value is -2.25. The first kappa shape index (κ1) is 15.1. The number of hydrazine groups is 1. The first-order valence-corrected chi connectivity index (χ1v) is 6.72. The largest absolute Gasteiger partial charge is 0.304 e. The normalized spacial score (nSPS) is 17.0. The van der Waals surface area contributed by atoms with Crippen molar-refractivity contribution in [2.75, 3.05) is 33.2 Å². The van der Waals surface area contributed by atoms with Crippen molar-refractivity contribution in [3.63, 3.8) is 0 Å². The minimum atomic E-state index is -0.460. The van der Waals surface area contributed by atoms with Gasteiger partial charge in [-0.2, -0.15) is 0 Å². The molecule has 1 N–H and O–H groups in total. The second-order valence-corrected chi connectivity index (χ2v) is 4.92. The maximum Gasteiger partial charge on any atom is 0.276 e. The summed E-state index contributed by atoms with van der Waals surface area (Å²) < 4.78 is 0. The fraction of sp³-hybridized carbons (Fsp3) is 0.357. The maximum atomic E-state index is 11.8. The van der Waals surface area contributed by atoms with Crippen LogP contribution < -0.4 is 5.43 Å². The molecular weight excluding hydrogens is 272 g/mol. The lowest BCUT2D eigenvalue weighted by atomic mass is 10.1. The summed E-state index contributed by atoms with van der Waals surface area (Å²) >= 11 is 0. The SMILES string of the molecule is CN1CCN(NC(=O)/C=C/c2ccccc2[N+](=O)[O-])CC1. The zero-order valence-corrected chi connectivity index (χ0v) is 11.9. The molecule has 1 saturated heterocycles. The van der Waals surface area contributed by atoms with E-state index in [0.717, 1.165) is 26.2 Å². The number of amides is 1. The Morgan fingerprint density at radius 2 is 1.95 bits per heavy atom. The lowest BCUT2D eigenvalue weighted by Gasteiger charge is -2.31. The number of carbonyl (C=O) groups is 1. The lowest BCUT2D eigenvalue weighted by Crippen LogP contribution is -2.52. The Morgan fingerprint density at radius 3 is 2.62 bits per heavy atom. The first-order valence-electron chi connectivity index (χ1n) is 6.72. The second kappa shape index (κ2) is 6.96. The third kappa shape index (κ3) is 4.37. The number of carbonyl (C=O) groups excluding carboxylic acids is 1. The molecule has 0 unspecified atom stereocenters. The lowest BCUT2D eigenvalue weighted by molar-refractivity contribution is -0.385. The van der Waals surface area contributed by atoms with E-state index < -0.39 is 4.92 Å². The Balaban J connectivity index is 1.95. The van der Waals surface area contributed by atoms with Crippen LogP contribution in [0, 0.1) is 10.1 Å². The summed E-state index contributed by atoms with van der Waals surface area (Å²) in [5, 5.41) is 12.7. The number of benzene rings is 1. The smallest absolute Gasteiger partial charge is 0.276 e. The summed E-state index contributed by atoms with van der Waals surface area (Å²) in [6, 6.07) is 6.32. The number of likely N-dealkylation sites (N-methyl/N-ethyl adjacent to an activating group) is 1. The average Bonchev–Trinajstić information content (AvgIpc) is 2.48. The van der Waals surface area contributed by atoms with Gasteiger partial charge in [-0.1, -0.05) is 12.1 Å². The molecule has 1 fully saturated rings. The predicted molar refractivity (Wildman–Crippen MR) is 79.3 cm³/mol. The van der Waals surface area contributed by atoms with E-state index in [1.165, 1.54) is 18.2 Å². The average molecular weight is 290 g/mol. The zero-order chi connectivity index (χ0) is 15.2. The van der Waals surface area contributed by atoms with E-state index in [2.05, 4.69) is 10.3 Å². The number of piperazine rings is 1. The third-order valence-corrected chi connectivity index (χ3v) is 3.32. The summed E-state index contributed by atoms with van der Waals surface area (Å²) in [4.78, 5) is 24.4.